The highest BCUT2D eigenvalue weighted by molar-refractivity contribution is 9.10. The van der Waals surface area contributed by atoms with Crippen molar-refractivity contribution in [2.24, 2.45) is 5.92 Å². The maximum absolute atomic E-state index is 12.0. The van der Waals surface area contributed by atoms with Crippen molar-refractivity contribution >= 4 is 27.8 Å². The van der Waals surface area contributed by atoms with Gasteiger partial charge in [-0.1, -0.05) is 29.8 Å². The second-order valence-electron chi connectivity index (χ2n) is 4.66. The van der Waals surface area contributed by atoms with Gasteiger partial charge in [0.25, 0.3) is 5.91 Å². The molecule has 0 saturated heterocycles. The lowest BCUT2D eigenvalue weighted by Crippen LogP contribution is -2.41. The third kappa shape index (κ3) is 4.55. The van der Waals surface area contributed by atoms with Crippen LogP contribution in [-0.4, -0.2) is 28.1 Å². The van der Waals surface area contributed by atoms with Crippen LogP contribution in [-0.2, 0) is 4.79 Å². The van der Waals surface area contributed by atoms with Gasteiger partial charge in [-0.2, -0.15) is 0 Å². The van der Waals surface area contributed by atoms with Gasteiger partial charge in [-0.25, -0.2) is 4.79 Å². The Hall–Kier alpha value is -1.56. The fourth-order valence-corrected chi connectivity index (χ4v) is 1.98. The zero-order valence-electron chi connectivity index (χ0n) is 10.7. The van der Waals surface area contributed by atoms with E-state index < -0.39 is 17.9 Å². The number of aliphatic carboxylic acids is 1. The Morgan fingerprint density at radius 1 is 1.37 bits per heavy atom. The number of hydrogen-bond acceptors (Lipinski definition) is 3. The monoisotopic (exact) mass is 329 g/mol. The highest BCUT2D eigenvalue weighted by atomic mass is 79.9. The zero-order valence-corrected chi connectivity index (χ0v) is 12.3. The summed E-state index contributed by atoms with van der Waals surface area (Å²) in [5.74, 6) is -1.74. The maximum atomic E-state index is 12.0. The fraction of sp³-hybridized carbons (Fsp3) is 0.385. The number of hydrogen-bond donors (Lipinski definition) is 3. The normalized spacial score (nSPS) is 12.2. The van der Waals surface area contributed by atoms with Crippen molar-refractivity contribution in [3.8, 4) is 5.75 Å². The first kappa shape index (κ1) is 15.5. The molecule has 3 N–H and O–H groups in total. The summed E-state index contributed by atoms with van der Waals surface area (Å²) in [4.78, 5) is 23.0. The van der Waals surface area contributed by atoms with Crippen LogP contribution in [0.3, 0.4) is 0 Å². The number of carbonyl (C=O) groups excluding carboxylic acids is 1. The Balaban J connectivity index is 2.87. The molecule has 1 rings (SSSR count). The Morgan fingerprint density at radius 3 is 2.53 bits per heavy atom. The van der Waals surface area contributed by atoms with E-state index in [9.17, 15) is 14.7 Å². The predicted octanol–water partition coefficient (Wildman–Crippen LogP) is 2.38. The van der Waals surface area contributed by atoms with Crippen LogP contribution in [0.25, 0.3) is 0 Å². The minimum atomic E-state index is -1.09. The van der Waals surface area contributed by atoms with Crippen molar-refractivity contribution in [3.05, 3.63) is 28.2 Å². The minimum Gasteiger partial charge on any atom is -0.507 e. The van der Waals surface area contributed by atoms with Gasteiger partial charge < -0.3 is 15.5 Å². The van der Waals surface area contributed by atoms with Crippen molar-refractivity contribution in [2.45, 2.75) is 26.3 Å². The Labute approximate surface area is 119 Å². The van der Waals surface area contributed by atoms with Crippen LogP contribution < -0.4 is 5.32 Å². The molecule has 1 amide bonds. The smallest absolute Gasteiger partial charge is 0.326 e. The molecule has 0 aromatic heterocycles. The molecule has 1 aromatic rings. The molecule has 6 heteroatoms. The number of carbonyl (C=O) groups is 2. The number of phenolic OH excluding ortho intramolecular Hbond substituents is 1. The van der Waals surface area contributed by atoms with E-state index in [1.807, 2.05) is 13.8 Å². The average molecular weight is 330 g/mol. The Bertz CT molecular complexity index is 488. The zero-order chi connectivity index (χ0) is 14.6. The van der Waals surface area contributed by atoms with Crippen LogP contribution in [0, 0.1) is 5.92 Å². The fourth-order valence-electron chi connectivity index (χ4n) is 1.62. The molecule has 1 aromatic carbocycles. The molecule has 0 radical (unpaired) electrons. The van der Waals surface area contributed by atoms with E-state index in [1.165, 1.54) is 12.1 Å². The van der Waals surface area contributed by atoms with Gasteiger partial charge in [0.05, 0.1) is 5.56 Å². The lowest BCUT2D eigenvalue weighted by Gasteiger charge is -2.16. The minimum absolute atomic E-state index is 0.0457. The molecule has 0 bridgehead atoms. The largest absolute Gasteiger partial charge is 0.507 e. The van der Waals surface area contributed by atoms with E-state index in [4.69, 9.17) is 5.11 Å². The number of carboxylic acid groups (broad SMARTS) is 1. The predicted molar refractivity (Wildman–Crippen MR) is 74.2 cm³/mol. The summed E-state index contributed by atoms with van der Waals surface area (Å²) in [7, 11) is 0. The highest BCUT2D eigenvalue weighted by Gasteiger charge is 2.23. The summed E-state index contributed by atoms with van der Waals surface area (Å²) >= 11 is 3.19. The number of halogens is 1. The van der Waals surface area contributed by atoms with E-state index in [2.05, 4.69) is 21.2 Å². The van der Waals surface area contributed by atoms with Gasteiger partial charge in [0.15, 0.2) is 0 Å². The first-order valence-electron chi connectivity index (χ1n) is 5.83. The molecule has 0 aliphatic rings. The molecule has 0 fully saturated rings. The topological polar surface area (TPSA) is 86.6 Å². The van der Waals surface area contributed by atoms with E-state index in [0.717, 1.165) is 0 Å². The summed E-state index contributed by atoms with van der Waals surface area (Å²) in [5, 5.41) is 21.1. The molecule has 104 valence electrons. The number of rotatable bonds is 5. The number of phenols is 1. The van der Waals surface area contributed by atoms with Gasteiger partial charge in [-0.15, -0.1) is 0 Å². The van der Waals surface area contributed by atoms with E-state index in [1.54, 1.807) is 6.07 Å². The molecule has 5 nitrogen and oxygen atoms in total. The van der Waals surface area contributed by atoms with Crippen molar-refractivity contribution in [1.82, 2.24) is 5.32 Å². The molecule has 0 saturated carbocycles. The van der Waals surface area contributed by atoms with Gasteiger partial charge in [0, 0.05) is 4.47 Å². The molecule has 19 heavy (non-hydrogen) atoms. The Morgan fingerprint density at radius 2 is 2.00 bits per heavy atom. The average Bonchev–Trinajstić information content (AvgIpc) is 2.30. The Kier molecular flexibility index (Phi) is 5.35. The summed E-state index contributed by atoms with van der Waals surface area (Å²) in [6.07, 6.45) is 0.329. The lowest BCUT2D eigenvalue weighted by molar-refractivity contribution is -0.139. The molecule has 0 aliphatic carbocycles. The summed E-state index contributed by atoms with van der Waals surface area (Å²) in [5.41, 5.74) is 0.0457. The van der Waals surface area contributed by atoms with Gasteiger partial charge in [0.1, 0.15) is 11.8 Å². The quantitative estimate of drug-likeness (QED) is 0.774. The molecule has 1 atom stereocenters. The second kappa shape index (κ2) is 6.56. The molecule has 0 spiro atoms. The number of benzene rings is 1. The van der Waals surface area contributed by atoms with Crippen molar-refractivity contribution in [3.63, 3.8) is 0 Å². The molecule has 0 heterocycles. The molecule has 0 unspecified atom stereocenters. The van der Waals surface area contributed by atoms with Gasteiger partial charge in [-0.05, 0) is 30.5 Å². The molecular formula is C13H16BrNO4. The van der Waals surface area contributed by atoms with Crippen LogP contribution >= 0.6 is 15.9 Å². The first-order valence-corrected chi connectivity index (χ1v) is 6.62. The van der Waals surface area contributed by atoms with Crippen LogP contribution in [0.15, 0.2) is 22.7 Å². The summed E-state index contributed by atoms with van der Waals surface area (Å²) < 4.78 is 0.631. The maximum Gasteiger partial charge on any atom is 0.326 e. The summed E-state index contributed by atoms with van der Waals surface area (Å²) in [6.45, 7) is 3.75. The highest BCUT2D eigenvalue weighted by Crippen LogP contribution is 2.22. The van der Waals surface area contributed by atoms with E-state index in [-0.39, 0.29) is 17.2 Å². The lowest BCUT2D eigenvalue weighted by atomic mass is 10.0. The number of nitrogens with one attached hydrogen (secondary N) is 1. The van der Waals surface area contributed by atoms with Crippen molar-refractivity contribution in [2.75, 3.05) is 0 Å². The van der Waals surface area contributed by atoms with Crippen molar-refractivity contribution in [1.29, 1.82) is 0 Å². The molecular weight excluding hydrogens is 314 g/mol. The van der Waals surface area contributed by atoms with Gasteiger partial charge >= 0.3 is 5.97 Å². The van der Waals surface area contributed by atoms with Crippen LogP contribution in [0.5, 0.6) is 5.75 Å². The summed E-state index contributed by atoms with van der Waals surface area (Å²) in [6, 6.07) is 3.44. The third-order valence-electron chi connectivity index (χ3n) is 2.51. The second-order valence-corrected chi connectivity index (χ2v) is 5.57. The van der Waals surface area contributed by atoms with Crippen molar-refractivity contribution < 1.29 is 19.8 Å². The standard InChI is InChI=1S/C13H16BrNO4/c1-7(2)5-10(13(18)19)15-12(17)9-6-8(14)3-4-11(9)16/h3-4,6-7,10,16H,5H2,1-2H3,(H,15,17)(H,18,19)/t10-/m1/s1. The van der Waals surface area contributed by atoms with Gasteiger partial charge in [-0.3, -0.25) is 4.79 Å². The van der Waals surface area contributed by atoms with Crippen LogP contribution in [0.4, 0.5) is 0 Å². The third-order valence-corrected chi connectivity index (χ3v) is 3.01. The van der Waals surface area contributed by atoms with Crippen LogP contribution in [0.1, 0.15) is 30.6 Å². The number of aromatic hydroxyl groups is 1. The first-order chi connectivity index (χ1) is 8.81. The van der Waals surface area contributed by atoms with Crippen LogP contribution in [0.2, 0.25) is 0 Å². The number of carboxylic acids is 1. The van der Waals surface area contributed by atoms with E-state index >= 15 is 0 Å². The molecule has 0 aliphatic heterocycles. The van der Waals surface area contributed by atoms with Gasteiger partial charge in [0.2, 0.25) is 0 Å². The van der Waals surface area contributed by atoms with E-state index in [0.29, 0.717) is 10.9 Å². The number of amides is 1. The SMILES string of the molecule is CC(C)C[C@@H](NC(=O)c1cc(Br)ccc1O)C(=O)O.